The van der Waals surface area contributed by atoms with Crippen LogP contribution in [0.2, 0.25) is 0 Å². The average Bonchev–Trinajstić information content (AvgIpc) is 2.66. The topological polar surface area (TPSA) is 29.9 Å². The fraction of sp³-hybridized carbons (Fsp3) is 0.250. The van der Waals surface area contributed by atoms with Gasteiger partial charge in [0.05, 0.1) is 11.7 Å². The number of hydrogen-bond acceptors (Lipinski definition) is 2. The number of aryl methyl sites for hydroxylation is 1. The molecule has 16 heavy (non-hydrogen) atoms. The van der Waals surface area contributed by atoms with Crippen LogP contribution in [0.5, 0.6) is 0 Å². The van der Waals surface area contributed by atoms with Crippen molar-refractivity contribution < 1.29 is 0 Å². The molecule has 0 fully saturated rings. The van der Waals surface area contributed by atoms with Crippen molar-refractivity contribution in [3.8, 4) is 0 Å². The molecule has 0 aliphatic heterocycles. The molecule has 1 heterocycles. The summed E-state index contributed by atoms with van der Waals surface area (Å²) in [6, 6.07) is 10.7. The second-order valence-corrected chi connectivity index (χ2v) is 4.94. The molecule has 0 amide bonds. The van der Waals surface area contributed by atoms with E-state index in [0.29, 0.717) is 0 Å². The van der Waals surface area contributed by atoms with Crippen molar-refractivity contribution in [2.24, 2.45) is 7.05 Å². The highest BCUT2D eigenvalue weighted by molar-refractivity contribution is 14.1. The number of rotatable bonds is 3. The van der Waals surface area contributed by atoms with Gasteiger partial charge in [-0.25, -0.2) is 0 Å². The van der Waals surface area contributed by atoms with E-state index < -0.39 is 0 Å². The van der Waals surface area contributed by atoms with Crippen LogP contribution in [-0.2, 0) is 7.05 Å². The Hall–Kier alpha value is -0.880. The number of benzene rings is 1. The van der Waals surface area contributed by atoms with Crippen LogP contribution in [0.1, 0.15) is 17.3 Å². The van der Waals surface area contributed by atoms with Crippen LogP contribution in [-0.4, -0.2) is 16.8 Å². The monoisotopic (exact) mass is 327 g/mol. The fourth-order valence-electron chi connectivity index (χ4n) is 1.76. The van der Waals surface area contributed by atoms with Gasteiger partial charge in [-0.1, -0.05) is 12.1 Å². The number of aromatic nitrogens is 2. The van der Waals surface area contributed by atoms with Crippen molar-refractivity contribution in [2.45, 2.75) is 6.04 Å². The van der Waals surface area contributed by atoms with E-state index in [-0.39, 0.29) is 6.04 Å². The molecule has 1 aromatic heterocycles. The van der Waals surface area contributed by atoms with Gasteiger partial charge in [-0.05, 0) is 53.4 Å². The first-order chi connectivity index (χ1) is 7.70. The molecular weight excluding hydrogens is 313 g/mol. The second-order valence-electron chi connectivity index (χ2n) is 3.69. The van der Waals surface area contributed by atoms with E-state index in [1.54, 1.807) is 0 Å². The Morgan fingerprint density at radius 2 is 2.19 bits per heavy atom. The van der Waals surface area contributed by atoms with Crippen LogP contribution >= 0.6 is 22.6 Å². The standard InChI is InChI=1S/C12H14IN3/c1-14-12(11-6-7-16(2)15-11)9-4-3-5-10(13)8-9/h3-8,12,14H,1-2H3. The highest BCUT2D eigenvalue weighted by Crippen LogP contribution is 2.21. The van der Waals surface area contributed by atoms with Gasteiger partial charge in [0.2, 0.25) is 0 Å². The van der Waals surface area contributed by atoms with E-state index in [1.807, 2.05) is 31.0 Å². The van der Waals surface area contributed by atoms with Crippen molar-refractivity contribution in [3.05, 3.63) is 51.4 Å². The van der Waals surface area contributed by atoms with Crippen LogP contribution in [0.4, 0.5) is 0 Å². The van der Waals surface area contributed by atoms with Gasteiger partial charge in [0.25, 0.3) is 0 Å². The lowest BCUT2D eigenvalue weighted by Gasteiger charge is -2.14. The minimum absolute atomic E-state index is 0.163. The highest BCUT2D eigenvalue weighted by Gasteiger charge is 2.14. The molecule has 0 aliphatic rings. The maximum absolute atomic E-state index is 4.44. The third-order valence-corrected chi connectivity index (χ3v) is 3.17. The van der Waals surface area contributed by atoms with Gasteiger partial charge < -0.3 is 5.32 Å². The predicted molar refractivity (Wildman–Crippen MR) is 73.3 cm³/mol. The molecule has 1 unspecified atom stereocenters. The number of nitrogens with zero attached hydrogens (tertiary/aromatic N) is 2. The third kappa shape index (κ3) is 2.44. The molecule has 0 bridgehead atoms. The van der Waals surface area contributed by atoms with Crippen LogP contribution in [0.3, 0.4) is 0 Å². The zero-order chi connectivity index (χ0) is 11.5. The van der Waals surface area contributed by atoms with E-state index in [2.05, 4.69) is 57.3 Å². The van der Waals surface area contributed by atoms with E-state index >= 15 is 0 Å². The largest absolute Gasteiger partial charge is 0.308 e. The molecule has 0 spiro atoms. The summed E-state index contributed by atoms with van der Waals surface area (Å²) in [6.45, 7) is 0. The van der Waals surface area contributed by atoms with Gasteiger partial charge in [0.15, 0.2) is 0 Å². The molecule has 0 aliphatic carbocycles. The Balaban J connectivity index is 2.36. The Labute approximate surface area is 109 Å². The number of nitrogens with one attached hydrogen (secondary N) is 1. The van der Waals surface area contributed by atoms with E-state index in [0.717, 1.165) is 5.69 Å². The van der Waals surface area contributed by atoms with Crippen molar-refractivity contribution in [1.29, 1.82) is 0 Å². The first kappa shape index (κ1) is 11.6. The third-order valence-electron chi connectivity index (χ3n) is 2.50. The van der Waals surface area contributed by atoms with Crippen molar-refractivity contribution >= 4 is 22.6 Å². The van der Waals surface area contributed by atoms with E-state index in [9.17, 15) is 0 Å². The lowest BCUT2D eigenvalue weighted by Crippen LogP contribution is -2.18. The van der Waals surface area contributed by atoms with Gasteiger partial charge in [-0.3, -0.25) is 4.68 Å². The summed E-state index contributed by atoms with van der Waals surface area (Å²) in [5.74, 6) is 0. The Bertz CT molecular complexity index is 479. The molecule has 3 nitrogen and oxygen atoms in total. The quantitative estimate of drug-likeness (QED) is 0.877. The number of halogens is 1. The molecule has 4 heteroatoms. The smallest absolute Gasteiger partial charge is 0.0839 e. The van der Waals surface area contributed by atoms with Crippen molar-refractivity contribution in [1.82, 2.24) is 15.1 Å². The minimum Gasteiger partial charge on any atom is -0.308 e. The summed E-state index contributed by atoms with van der Waals surface area (Å²) in [7, 11) is 3.89. The summed E-state index contributed by atoms with van der Waals surface area (Å²) >= 11 is 2.33. The Kier molecular flexibility index (Phi) is 3.60. The molecule has 0 saturated heterocycles. The summed E-state index contributed by atoms with van der Waals surface area (Å²) in [4.78, 5) is 0. The molecule has 1 aromatic carbocycles. The predicted octanol–water partition coefficient (Wildman–Crippen LogP) is 2.33. The Morgan fingerprint density at radius 1 is 1.38 bits per heavy atom. The van der Waals surface area contributed by atoms with Crippen LogP contribution < -0.4 is 5.32 Å². The average molecular weight is 327 g/mol. The van der Waals surface area contributed by atoms with Gasteiger partial charge in [0.1, 0.15) is 0 Å². The molecule has 0 radical (unpaired) electrons. The lowest BCUT2D eigenvalue weighted by molar-refractivity contribution is 0.642. The first-order valence-corrected chi connectivity index (χ1v) is 6.21. The zero-order valence-corrected chi connectivity index (χ0v) is 11.5. The molecular formula is C12H14IN3. The molecule has 1 N–H and O–H groups in total. The summed E-state index contributed by atoms with van der Waals surface area (Å²) < 4.78 is 3.07. The molecule has 84 valence electrons. The summed E-state index contributed by atoms with van der Waals surface area (Å²) in [5.41, 5.74) is 2.29. The van der Waals surface area contributed by atoms with Crippen molar-refractivity contribution in [3.63, 3.8) is 0 Å². The highest BCUT2D eigenvalue weighted by atomic mass is 127. The second kappa shape index (κ2) is 4.97. The number of hydrogen-bond donors (Lipinski definition) is 1. The van der Waals surface area contributed by atoms with Crippen LogP contribution in [0.15, 0.2) is 36.5 Å². The molecule has 0 saturated carbocycles. The Morgan fingerprint density at radius 3 is 2.75 bits per heavy atom. The van der Waals surface area contributed by atoms with Crippen LogP contribution in [0.25, 0.3) is 0 Å². The van der Waals surface area contributed by atoms with E-state index in [1.165, 1.54) is 9.13 Å². The lowest BCUT2D eigenvalue weighted by atomic mass is 10.0. The molecule has 2 rings (SSSR count). The van der Waals surface area contributed by atoms with Crippen LogP contribution in [0, 0.1) is 3.57 Å². The summed E-state index contributed by atoms with van der Waals surface area (Å²) in [6.07, 6.45) is 1.97. The van der Waals surface area contributed by atoms with Gasteiger partial charge in [0, 0.05) is 16.8 Å². The minimum atomic E-state index is 0.163. The van der Waals surface area contributed by atoms with Crippen molar-refractivity contribution in [2.75, 3.05) is 7.05 Å². The fourth-order valence-corrected chi connectivity index (χ4v) is 2.33. The normalized spacial score (nSPS) is 12.7. The van der Waals surface area contributed by atoms with Gasteiger partial charge in [-0.2, -0.15) is 5.10 Å². The first-order valence-electron chi connectivity index (χ1n) is 5.13. The molecule has 1 atom stereocenters. The maximum atomic E-state index is 4.44. The zero-order valence-electron chi connectivity index (χ0n) is 9.31. The van der Waals surface area contributed by atoms with E-state index in [4.69, 9.17) is 0 Å². The van der Waals surface area contributed by atoms with Gasteiger partial charge in [-0.15, -0.1) is 0 Å². The molecule has 2 aromatic rings. The van der Waals surface area contributed by atoms with Gasteiger partial charge >= 0.3 is 0 Å². The summed E-state index contributed by atoms with van der Waals surface area (Å²) in [5, 5.41) is 7.74. The SMILES string of the molecule is CNC(c1cccc(I)c1)c1ccn(C)n1. The maximum Gasteiger partial charge on any atom is 0.0839 e.